The van der Waals surface area contributed by atoms with Gasteiger partial charge in [0.1, 0.15) is 6.61 Å². The third kappa shape index (κ3) is 6.06. The van der Waals surface area contributed by atoms with Crippen molar-refractivity contribution in [2.75, 3.05) is 6.61 Å². The van der Waals surface area contributed by atoms with Gasteiger partial charge in [0.25, 0.3) is 0 Å². The molecule has 0 aliphatic heterocycles. The maximum atomic E-state index is 11.6. The Morgan fingerprint density at radius 3 is 2.67 bits per heavy atom. The fraction of sp³-hybridized carbons (Fsp3) is 0.533. The zero-order valence-corrected chi connectivity index (χ0v) is 11.9. The van der Waals surface area contributed by atoms with Crippen LogP contribution in [0, 0.1) is 5.92 Å². The number of hydrogen-bond donors (Lipinski definition) is 0. The summed E-state index contributed by atoms with van der Waals surface area (Å²) in [5.41, 5.74) is 0. The molecule has 0 radical (unpaired) electrons. The molecule has 2 nitrogen and oxygen atoms in total. The van der Waals surface area contributed by atoms with Crippen molar-refractivity contribution in [1.82, 2.24) is 0 Å². The summed E-state index contributed by atoms with van der Waals surface area (Å²) in [7, 11) is 0. The largest absolute Gasteiger partial charge is 0.490 e. The Kier molecular flexibility index (Phi) is 6.81. The van der Waals surface area contributed by atoms with Crippen LogP contribution >= 0.6 is 11.6 Å². The van der Waals surface area contributed by atoms with Crippen LogP contribution in [0.2, 0.25) is 0 Å². The molecule has 0 heterocycles. The number of rotatable bonds is 6. The maximum absolute atomic E-state index is 11.6. The summed E-state index contributed by atoms with van der Waals surface area (Å²) in [5, 5.41) is 0.612. The zero-order valence-electron chi connectivity index (χ0n) is 11.1. The highest BCUT2D eigenvalue weighted by atomic mass is 35.5. The molecule has 1 saturated carbocycles. The first kappa shape index (κ1) is 15.0. The topological polar surface area (TPSA) is 26.3 Å². The van der Waals surface area contributed by atoms with Gasteiger partial charge in [-0.2, -0.15) is 0 Å². The second-order valence-electron chi connectivity index (χ2n) is 4.59. The van der Waals surface area contributed by atoms with E-state index < -0.39 is 0 Å². The van der Waals surface area contributed by atoms with E-state index in [1.54, 1.807) is 25.2 Å². The monoisotopic (exact) mass is 268 g/mol. The van der Waals surface area contributed by atoms with Gasteiger partial charge in [0.2, 0.25) is 0 Å². The van der Waals surface area contributed by atoms with E-state index in [-0.39, 0.29) is 12.4 Å². The molecule has 1 fully saturated rings. The van der Waals surface area contributed by atoms with Crippen LogP contribution in [0.15, 0.2) is 35.1 Å². The van der Waals surface area contributed by atoms with Crippen molar-refractivity contribution in [3.8, 4) is 0 Å². The van der Waals surface area contributed by atoms with E-state index in [0.29, 0.717) is 16.7 Å². The van der Waals surface area contributed by atoms with Crippen molar-refractivity contribution in [2.24, 2.45) is 5.92 Å². The van der Waals surface area contributed by atoms with Crippen molar-refractivity contribution >= 4 is 17.4 Å². The van der Waals surface area contributed by atoms with Gasteiger partial charge in [-0.05, 0) is 44.8 Å². The molecular formula is C15H21ClO2. The first-order valence-electron chi connectivity index (χ1n) is 6.45. The van der Waals surface area contributed by atoms with Crippen molar-refractivity contribution < 1.29 is 9.53 Å². The van der Waals surface area contributed by atoms with E-state index in [4.69, 9.17) is 16.3 Å². The van der Waals surface area contributed by atoms with Gasteiger partial charge in [0, 0.05) is 5.03 Å². The molecule has 0 bridgehead atoms. The summed E-state index contributed by atoms with van der Waals surface area (Å²) in [4.78, 5) is 11.6. The number of ketones is 1. The first-order chi connectivity index (χ1) is 8.61. The lowest BCUT2D eigenvalue weighted by Crippen LogP contribution is -2.05. The van der Waals surface area contributed by atoms with Crippen LogP contribution in [-0.4, -0.2) is 12.4 Å². The average molecular weight is 269 g/mol. The summed E-state index contributed by atoms with van der Waals surface area (Å²) in [6.07, 6.45) is 12.1. The summed E-state index contributed by atoms with van der Waals surface area (Å²) in [6, 6.07) is 0. The van der Waals surface area contributed by atoms with Gasteiger partial charge in [0.05, 0.1) is 5.76 Å². The van der Waals surface area contributed by atoms with Gasteiger partial charge in [-0.1, -0.05) is 36.6 Å². The highest BCUT2D eigenvalue weighted by molar-refractivity contribution is 6.31. The molecular weight excluding hydrogens is 248 g/mol. The fourth-order valence-electron chi connectivity index (χ4n) is 1.95. The Hall–Kier alpha value is -1.02. The minimum atomic E-state index is 0.00579. The van der Waals surface area contributed by atoms with Crippen LogP contribution in [0.25, 0.3) is 0 Å². The lowest BCUT2D eigenvalue weighted by molar-refractivity contribution is -0.117. The lowest BCUT2D eigenvalue weighted by Gasteiger charge is -2.04. The average Bonchev–Trinajstić information content (AvgIpc) is 2.86. The Morgan fingerprint density at radius 2 is 2.06 bits per heavy atom. The molecule has 3 heteroatoms. The lowest BCUT2D eigenvalue weighted by atomic mass is 10.1. The molecule has 0 amide bonds. The molecule has 0 aromatic carbocycles. The van der Waals surface area contributed by atoms with E-state index >= 15 is 0 Å². The molecule has 1 aliphatic carbocycles. The zero-order chi connectivity index (χ0) is 13.4. The van der Waals surface area contributed by atoms with Crippen molar-refractivity contribution in [2.45, 2.75) is 39.5 Å². The van der Waals surface area contributed by atoms with Crippen LogP contribution in [0.1, 0.15) is 39.5 Å². The molecule has 0 aromatic heterocycles. The maximum Gasteiger partial charge on any atom is 0.192 e. The number of hydrogen-bond acceptors (Lipinski definition) is 2. The summed E-state index contributed by atoms with van der Waals surface area (Å²) >= 11 is 5.83. The van der Waals surface area contributed by atoms with Gasteiger partial charge >= 0.3 is 0 Å². The van der Waals surface area contributed by atoms with Gasteiger partial charge in [0.15, 0.2) is 5.78 Å². The second kappa shape index (κ2) is 8.15. The summed E-state index contributed by atoms with van der Waals surface area (Å²) < 4.78 is 5.33. The van der Waals surface area contributed by atoms with E-state index in [9.17, 15) is 4.79 Å². The van der Waals surface area contributed by atoms with Crippen molar-refractivity contribution in [3.05, 3.63) is 35.1 Å². The Bertz CT molecular complexity index is 361. The van der Waals surface area contributed by atoms with Crippen LogP contribution in [0.3, 0.4) is 0 Å². The number of ether oxygens (including phenoxy) is 1. The minimum Gasteiger partial charge on any atom is -0.490 e. The molecule has 0 N–H and O–H groups in total. The number of carbonyl (C=O) groups is 1. The van der Waals surface area contributed by atoms with Gasteiger partial charge < -0.3 is 4.74 Å². The SMILES string of the molecule is C/C=C(Cl)\C=C(/C)OCC(=O)/C=C/C1CCCC1. The van der Waals surface area contributed by atoms with Gasteiger partial charge in [-0.25, -0.2) is 0 Å². The predicted octanol–water partition coefficient (Wildman–Crippen LogP) is 4.36. The van der Waals surface area contributed by atoms with E-state index in [1.807, 2.05) is 13.0 Å². The van der Waals surface area contributed by atoms with Crippen molar-refractivity contribution in [1.29, 1.82) is 0 Å². The van der Waals surface area contributed by atoms with E-state index in [0.717, 1.165) is 0 Å². The quantitative estimate of drug-likeness (QED) is 0.406. The standard InChI is InChI=1S/C15H21ClO2/c1-3-14(16)10-12(2)18-11-15(17)9-8-13-6-4-5-7-13/h3,8-10,13H,4-7,11H2,1-2H3/b9-8+,12-10+,14-3+. The third-order valence-corrected chi connectivity index (χ3v) is 3.34. The van der Waals surface area contributed by atoms with Gasteiger partial charge in [-0.15, -0.1) is 0 Å². The summed E-state index contributed by atoms with van der Waals surface area (Å²) in [5.74, 6) is 1.25. The number of carbonyl (C=O) groups excluding carboxylic acids is 1. The molecule has 100 valence electrons. The molecule has 0 unspecified atom stereocenters. The molecule has 1 aliphatic rings. The minimum absolute atomic E-state index is 0.00579. The Morgan fingerprint density at radius 1 is 1.39 bits per heavy atom. The molecule has 0 spiro atoms. The number of allylic oxidation sites excluding steroid dienone is 5. The Balaban J connectivity index is 2.30. The van der Waals surface area contributed by atoms with Crippen LogP contribution in [-0.2, 0) is 9.53 Å². The fourth-order valence-corrected chi connectivity index (χ4v) is 2.10. The van der Waals surface area contributed by atoms with E-state index in [2.05, 4.69) is 0 Å². The molecule has 1 rings (SSSR count). The highest BCUT2D eigenvalue weighted by Gasteiger charge is 2.11. The van der Waals surface area contributed by atoms with Crippen LogP contribution in [0.4, 0.5) is 0 Å². The predicted molar refractivity (Wildman–Crippen MR) is 75.4 cm³/mol. The van der Waals surface area contributed by atoms with Gasteiger partial charge in [-0.3, -0.25) is 4.79 Å². The smallest absolute Gasteiger partial charge is 0.192 e. The van der Waals surface area contributed by atoms with Crippen molar-refractivity contribution in [3.63, 3.8) is 0 Å². The second-order valence-corrected chi connectivity index (χ2v) is 5.02. The third-order valence-electron chi connectivity index (χ3n) is 3.01. The highest BCUT2D eigenvalue weighted by Crippen LogP contribution is 2.25. The molecule has 0 saturated heterocycles. The first-order valence-corrected chi connectivity index (χ1v) is 6.83. The van der Waals surface area contributed by atoms with Crippen LogP contribution < -0.4 is 0 Å². The Labute approximate surface area is 114 Å². The van der Waals surface area contributed by atoms with E-state index in [1.165, 1.54) is 25.7 Å². The number of halogens is 1. The summed E-state index contributed by atoms with van der Waals surface area (Å²) in [6.45, 7) is 3.72. The molecule has 18 heavy (non-hydrogen) atoms. The molecule has 0 atom stereocenters. The normalized spacial score (nSPS) is 18.6. The van der Waals surface area contributed by atoms with Crippen LogP contribution in [0.5, 0.6) is 0 Å². The molecule has 0 aromatic rings.